The number of carbonyl (C=O) groups is 3. The van der Waals surface area contributed by atoms with Crippen LogP contribution in [0.5, 0.6) is 0 Å². The third-order valence-electron chi connectivity index (χ3n) is 8.23. The van der Waals surface area contributed by atoms with E-state index in [-0.39, 0.29) is 32.1 Å². The molecule has 14 heteroatoms. The van der Waals surface area contributed by atoms with Crippen LogP contribution in [0.15, 0.2) is 36.4 Å². The minimum atomic E-state index is -0.677. The van der Waals surface area contributed by atoms with E-state index in [9.17, 15) is 23.2 Å². The molecule has 0 saturated carbocycles. The second-order valence-electron chi connectivity index (χ2n) is 11.1. The van der Waals surface area contributed by atoms with Crippen LogP contribution in [0.3, 0.4) is 0 Å². The zero-order valence-corrected chi connectivity index (χ0v) is 24.5. The van der Waals surface area contributed by atoms with E-state index >= 15 is 0 Å². The first-order valence-corrected chi connectivity index (χ1v) is 14.7. The highest BCUT2D eigenvalue weighted by atomic mass is 19.1. The quantitative estimate of drug-likeness (QED) is 0.444. The normalized spacial score (nSPS) is 22.3. The van der Waals surface area contributed by atoms with Crippen LogP contribution < -0.4 is 19.6 Å². The van der Waals surface area contributed by atoms with E-state index in [0.29, 0.717) is 75.4 Å². The van der Waals surface area contributed by atoms with Crippen molar-refractivity contribution in [3.63, 3.8) is 0 Å². The highest BCUT2D eigenvalue weighted by molar-refractivity contribution is 5.91. The smallest absolute Gasteiger partial charge is 0.414 e. The SMILES string of the molecule is CC(=O)N(CC1CN(c2ccc(N3CCOCC3)c(F)c2)C(=O)O1)CC1CN(c2ccc(N3CCOCC3)c(F)c2)C(=O)O1. The summed E-state index contributed by atoms with van der Waals surface area (Å²) in [6.07, 6.45) is -2.64. The summed E-state index contributed by atoms with van der Waals surface area (Å²) in [6, 6.07) is 9.23. The molecular weight excluding hydrogens is 580 g/mol. The largest absolute Gasteiger partial charge is 0.442 e. The van der Waals surface area contributed by atoms with Crippen molar-refractivity contribution in [1.29, 1.82) is 0 Å². The second-order valence-corrected chi connectivity index (χ2v) is 11.1. The number of hydrogen-bond donors (Lipinski definition) is 0. The summed E-state index contributed by atoms with van der Waals surface area (Å²) < 4.78 is 51.7. The summed E-state index contributed by atoms with van der Waals surface area (Å²) >= 11 is 0. The van der Waals surface area contributed by atoms with Crippen molar-refractivity contribution in [3.05, 3.63) is 48.0 Å². The summed E-state index contributed by atoms with van der Waals surface area (Å²) in [5.41, 5.74) is 1.60. The Morgan fingerprint density at radius 1 is 0.750 bits per heavy atom. The number of morpholine rings is 2. The van der Waals surface area contributed by atoms with Crippen molar-refractivity contribution >= 4 is 40.8 Å². The summed E-state index contributed by atoms with van der Waals surface area (Å²) in [6.45, 7) is 6.13. The van der Waals surface area contributed by atoms with Gasteiger partial charge < -0.3 is 33.6 Å². The van der Waals surface area contributed by atoms with Crippen LogP contribution in [-0.4, -0.2) is 114 Å². The van der Waals surface area contributed by atoms with Crippen LogP contribution in [0.4, 0.5) is 41.1 Å². The number of cyclic esters (lactones) is 2. The van der Waals surface area contributed by atoms with Gasteiger partial charge in [-0.1, -0.05) is 0 Å². The number of nitrogens with zero attached hydrogens (tertiary/aromatic N) is 5. The minimum Gasteiger partial charge on any atom is -0.442 e. The van der Waals surface area contributed by atoms with E-state index in [4.69, 9.17) is 18.9 Å². The lowest BCUT2D eigenvalue weighted by Gasteiger charge is -2.29. The highest BCUT2D eigenvalue weighted by Crippen LogP contribution is 2.30. The molecule has 0 N–H and O–H groups in total. The molecule has 4 aliphatic rings. The van der Waals surface area contributed by atoms with Crippen LogP contribution in [0.25, 0.3) is 0 Å². The molecule has 0 radical (unpaired) electrons. The topological polar surface area (TPSA) is 104 Å². The molecule has 2 unspecified atom stereocenters. The maximum atomic E-state index is 15.0. The summed E-state index contributed by atoms with van der Waals surface area (Å²) in [5, 5.41) is 0. The van der Waals surface area contributed by atoms with Crippen molar-refractivity contribution in [1.82, 2.24) is 4.90 Å². The van der Waals surface area contributed by atoms with E-state index in [2.05, 4.69) is 0 Å². The van der Waals surface area contributed by atoms with Gasteiger partial charge in [0.2, 0.25) is 5.91 Å². The van der Waals surface area contributed by atoms with Crippen molar-refractivity contribution in [2.24, 2.45) is 0 Å². The molecule has 44 heavy (non-hydrogen) atoms. The van der Waals surface area contributed by atoms with Crippen molar-refractivity contribution in [2.75, 3.05) is 98.4 Å². The minimum absolute atomic E-state index is 0.0584. The third kappa shape index (κ3) is 6.36. The third-order valence-corrected chi connectivity index (χ3v) is 8.23. The molecule has 0 bridgehead atoms. The predicted octanol–water partition coefficient (Wildman–Crippen LogP) is 2.84. The van der Waals surface area contributed by atoms with Gasteiger partial charge in [0, 0.05) is 33.1 Å². The fraction of sp³-hybridized carbons (Fsp3) is 0.500. The lowest BCUT2D eigenvalue weighted by Crippen LogP contribution is -2.43. The molecule has 236 valence electrons. The van der Waals surface area contributed by atoms with Gasteiger partial charge in [0.05, 0.1) is 75.4 Å². The average Bonchev–Trinajstić information content (AvgIpc) is 3.58. The van der Waals surface area contributed by atoms with Gasteiger partial charge in [0.1, 0.15) is 23.8 Å². The fourth-order valence-electron chi connectivity index (χ4n) is 5.93. The lowest BCUT2D eigenvalue weighted by molar-refractivity contribution is -0.131. The Morgan fingerprint density at radius 3 is 1.52 bits per heavy atom. The van der Waals surface area contributed by atoms with Gasteiger partial charge in [-0.2, -0.15) is 0 Å². The van der Waals surface area contributed by atoms with Crippen LogP contribution >= 0.6 is 0 Å². The van der Waals surface area contributed by atoms with E-state index in [1.54, 1.807) is 24.3 Å². The molecule has 12 nitrogen and oxygen atoms in total. The molecule has 0 spiro atoms. The number of hydrogen-bond acceptors (Lipinski definition) is 9. The first-order chi connectivity index (χ1) is 21.3. The molecule has 4 heterocycles. The molecule has 3 amide bonds. The number of ether oxygens (including phenoxy) is 4. The molecule has 2 atom stereocenters. The molecule has 0 aromatic heterocycles. The number of carbonyl (C=O) groups excluding carboxylic acids is 3. The molecule has 4 saturated heterocycles. The first kappa shape index (κ1) is 29.9. The Bertz CT molecular complexity index is 1300. The van der Waals surface area contributed by atoms with Crippen LogP contribution in [-0.2, 0) is 23.7 Å². The molecule has 6 rings (SSSR count). The number of rotatable bonds is 8. The maximum Gasteiger partial charge on any atom is 0.414 e. The van der Waals surface area contributed by atoms with Crippen molar-refractivity contribution in [3.8, 4) is 0 Å². The van der Waals surface area contributed by atoms with Crippen molar-refractivity contribution < 1.29 is 42.1 Å². The second kappa shape index (κ2) is 12.8. The van der Waals surface area contributed by atoms with Gasteiger partial charge in [-0.3, -0.25) is 14.6 Å². The molecule has 2 aromatic carbocycles. The average molecular weight is 616 g/mol. The maximum absolute atomic E-state index is 15.0. The van der Waals surface area contributed by atoms with Gasteiger partial charge in [-0.25, -0.2) is 18.4 Å². The number of amides is 3. The number of halogens is 2. The fourth-order valence-corrected chi connectivity index (χ4v) is 5.93. The monoisotopic (exact) mass is 615 g/mol. The summed E-state index contributed by atoms with van der Waals surface area (Å²) in [5.74, 6) is -1.20. The Labute approximate surface area is 253 Å². The molecule has 0 aliphatic carbocycles. The van der Waals surface area contributed by atoms with Gasteiger partial charge in [-0.05, 0) is 36.4 Å². The van der Waals surface area contributed by atoms with Crippen LogP contribution in [0.1, 0.15) is 6.92 Å². The zero-order valence-electron chi connectivity index (χ0n) is 24.5. The highest BCUT2D eigenvalue weighted by Gasteiger charge is 2.38. The van der Waals surface area contributed by atoms with E-state index in [1.165, 1.54) is 33.8 Å². The molecule has 2 aromatic rings. The number of anilines is 4. The van der Waals surface area contributed by atoms with Crippen LogP contribution in [0.2, 0.25) is 0 Å². The van der Waals surface area contributed by atoms with E-state index < -0.39 is 36.0 Å². The molecular formula is C30H35F2N5O7. The standard InChI is InChI=1S/C30H35F2N5O7/c1-20(38)35(16-23-18-36(29(39)43-23)21-2-4-27(25(31)14-21)33-6-10-41-11-7-33)17-24-19-37(30(40)44-24)22-3-5-28(26(32)15-22)34-8-12-42-13-9-34/h2-5,14-15,23-24H,6-13,16-19H2,1H3. The van der Waals surface area contributed by atoms with Crippen LogP contribution in [0, 0.1) is 11.6 Å². The Hall–Kier alpha value is -4.17. The summed E-state index contributed by atoms with van der Waals surface area (Å²) in [7, 11) is 0. The van der Waals surface area contributed by atoms with Gasteiger partial charge in [0.15, 0.2) is 0 Å². The Morgan fingerprint density at radius 2 is 1.16 bits per heavy atom. The predicted molar refractivity (Wildman–Crippen MR) is 156 cm³/mol. The first-order valence-electron chi connectivity index (χ1n) is 14.7. The van der Waals surface area contributed by atoms with E-state index in [0.717, 1.165) is 0 Å². The van der Waals surface area contributed by atoms with Gasteiger partial charge >= 0.3 is 12.2 Å². The lowest BCUT2D eigenvalue weighted by atomic mass is 10.2. The Kier molecular flexibility index (Phi) is 8.71. The molecule has 4 aliphatic heterocycles. The van der Waals surface area contributed by atoms with Gasteiger partial charge in [-0.15, -0.1) is 0 Å². The number of benzene rings is 2. The van der Waals surface area contributed by atoms with E-state index in [1.807, 2.05) is 9.80 Å². The Balaban J connectivity index is 1.06. The zero-order chi connectivity index (χ0) is 30.8. The molecule has 4 fully saturated rings. The van der Waals surface area contributed by atoms with Gasteiger partial charge in [0.25, 0.3) is 0 Å². The van der Waals surface area contributed by atoms with Crippen molar-refractivity contribution in [2.45, 2.75) is 19.1 Å². The summed E-state index contributed by atoms with van der Waals surface area (Å²) in [4.78, 5) is 45.9.